The summed E-state index contributed by atoms with van der Waals surface area (Å²) in [5, 5.41) is 8.45. The molecule has 76 valence electrons. The highest BCUT2D eigenvalue weighted by molar-refractivity contribution is 5.70. The van der Waals surface area contributed by atoms with Crippen molar-refractivity contribution in [2.45, 2.75) is 13.0 Å². The molecule has 0 aliphatic carbocycles. The standard InChI is InChI=1S/C8H8N6O/c9-2-1-3-14-4-11-6-5(14)7(15)13-8(10)12-6/h4H,1,3H2,(H3,10,12,13,15). The van der Waals surface area contributed by atoms with E-state index in [-0.39, 0.29) is 11.5 Å². The average Bonchev–Trinajstić information content (AvgIpc) is 2.58. The van der Waals surface area contributed by atoms with Crippen molar-refractivity contribution in [2.24, 2.45) is 0 Å². The molecule has 0 amide bonds. The first-order valence-electron chi connectivity index (χ1n) is 4.30. The van der Waals surface area contributed by atoms with Gasteiger partial charge in [0.15, 0.2) is 11.2 Å². The lowest BCUT2D eigenvalue weighted by Crippen LogP contribution is -2.14. The van der Waals surface area contributed by atoms with Gasteiger partial charge in [0.1, 0.15) is 0 Å². The Morgan fingerprint density at radius 1 is 1.67 bits per heavy atom. The monoisotopic (exact) mass is 204 g/mol. The minimum Gasteiger partial charge on any atom is -0.369 e. The third kappa shape index (κ3) is 1.52. The normalized spacial score (nSPS) is 10.3. The zero-order chi connectivity index (χ0) is 10.8. The van der Waals surface area contributed by atoms with Gasteiger partial charge in [-0.2, -0.15) is 10.2 Å². The zero-order valence-corrected chi connectivity index (χ0v) is 7.77. The molecule has 2 aromatic heterocycles. The molecule has 0 fully saturated rings. The van der Waals surface area contributed by atoms with Crippen LogP contribution in [0.2, 0.25) is 0 Å². The molecule has 7 heteroatoms. The van der Waals surface area contributed by atoms with E-state index >= 15 is 0 Å². The summed E-state index contributed by atoms with van der Waals surface area (Å²) in [4.78, 5) is 21.7. The second-order valence-corrected chi connectivity index (χ2v) is 2.97. The highest BCUT2D eigenvalue weighted by Crippen LogP contribution is 2.06. The minimum absolute atomic E-state index is 0.0398. The van der Waals surface area contributed by atoms with Crippen LogP contribution in [0, 0.1) is 11.3 Å². The molecule has 2 rings (SSSR count). The lowest BCUT2D eigenvalue weighted by Gasteiger charge is -1.98. The molecular formula is C8H8N6O. The molecule has 0 spiro atoms. The van der Waals surface area contributed by atoms with Crippen molar-refractivity contribution in [2.75, 3.05) is 5.73 Å². The Morgan fingerprint density at radius 3 is 3.20 bits per heavy atom. The molecule has 7 nitrogen and oxygen atoms in total. The van der Waals surface area contributed by atoms with E-state index in [1.807, 2.05) is 6.07 Å². The van der Waals surface area contributed by atoms with E-state index in [1.54, 1.807) is 4.57 Å². The number of hydrogen-bond acceptors (Lipinski definition) is 5. The van der Waals surface area contributed by atoms with Gasteiger partial charge in [-0.1, -0.05) is 0 Å². The Bertz CT molecular complexity index is 589. The van der Waals surface area contributed by atoms with E-state index in [0.29, 0.717) is 24.1 Å². The van der Waals surface area contributed by atoms with Gasteiger partial charge >= 0.3 is 0 Å². The fraction of sp³-hybridized carbons (Fsp3) is 0.250. The Morgan fingerprint density at radius 2 is 2.47 bits per heavy atom. The highest BCUT2D eigenvalue weighted by Gasteiger charge is 2.08. The molecule has 2 heterocycles. The maximum Gasteiger partial charge on any atom is 0.278 e. The molecule has 0 bridgehead atoms. The molecule has 0 saturated carbocycles. The van der Waals surface area contributed by atoms with Crippen LogP contribution in [0.3, 0.4) is 0 Å². The molecule has 3 N–H and O–H groups in total. The summed E-state index contributed by atoms with van der Waals surface area (Å²) in [6.45, 7) is 0.418. The van der Waals surface area contributed by atoms with Crippen LogP contribution in [-0.2, 0) is 6.54 Å². The van der Waals surface area contributed by atoms with E-state index in [9.17, 15) is 4.79 Å². The number of nitrogens with two attached hydrogens (primary N) is 1. The van der Waals surface area contributed by atoms with Gasteiger partial charge in [-0.05, 0) is 0 Å². The summed E-state index contributed by atoms with van der Waals surface area (Å²) < 4.78 is 1.59. The first-order valence-corrected chi connectivity index (χ1v) is 4.30. The van der Waals surface area contributed by atoms with Crippen LogP contribution in [0.25, 0.3) is 11.2 Å². The van der Waals surface area contributed by atoms with Crippen LogP contribution >= 0.6 is 0 Å². The van der Waals surface area contributed by atoms with Gasteiger partial charge in [-0.15, -0.1) is 0 Å². The second-order valence-electron chi connectivity index (χ2n) is 2.97. The van der Waals surface area contributed by atoms with Crippen molar-refractivity contribution < 1.29 is 0 Å². The van der Waals surface area contributed by atoms with Crippen molar-refractivity contribution in [3.8, 4) is 6.07 Å². The summed E-state index contributed by atoms with van der Waals surface area (Å²) in [5.41, 5.74) is 5.67. The second kappa shape index (κ2) is 3.42. The smallest absolute Gasteiger partial charge is 0.278 e. The topological polar surface area (TPSA) is 113 Å². The number of aromatic amines is 1. The first kappa shape index (κ1) is 9.21. The molecular weight excluding hydrogens is 196 g/mol. The van der Waals surface area contributed by atoms with E-state index in [0.717, 1.165) is 0 Å². The maximum absolute atomic E-state index is 11.5. The number of fused-ring (bicyclic) bond motifs is 1. The molecule has 0 aliphatic rings. The number of aromatic nitrogens is 4. The van der Waals surface area contributed by atoms with E-state index in [4.69, 9.17) is 11.0 Å². The van der Waals surface area contributed by atoms with Crippen LogP contribution in [0.1, 0.15) is 6.42 Å². The number of nitrogen functional groups attached to an aromatic ring is 1. The van der Waals surface area contributed by atoms with Crippen LogP contribution in [-0.4, -0.2) is 19.5 Å². The van der Waals surface area contributed by atoms with E-state index in [1.165, 1.54) is 6.33 Å². The van der Waals surface area contributed by atoms with Crippen LogP contribution in [0.5, 0.6) is 0 Å². The van der Waals surface area contributed by atoms with Crippen LogP contribution in [0.4, 0.5) is 5.95 Å². The Balaban J connectivity index is 2.60. The lowest BCUT2D eigenvalue weighted by atomic mass is 10.4. The van der Waals surface area contributed by atoms with Crippen molar-refractivity contribution >= 4 is 17.1 Å². The number of nitrogens with zero attached hydrogens (tertiary/aromatic N) is 4. The molecule has 0 radical (unpaired) electrons. The molecule has 0 atom stereocenters. The Hall–Kier alpha value is -2.36. The molecule has 0 aliphatic heterocycles. The van der Waals surface area contributed by atoms with Gasteiger partial charge in [-0.3, -0.25) is 9.78 Å². The summed E-state index contributed by atoms with van der Waals surface area (Å²) in [5.74, 6) is 0.0398. The Kier molecular flexibility index (Phi) is 2.10. The number of nitriles is 1. The molecule has 0 aromatic carbocycles. The third-order valence-corrected chi connectivity index (χ3v) is 1.97. The van der Waals surface area contributed by atoms with Gasteiger partial charge in [0.25, 0.3) is 5.56 Å². The van der Waals surface area contributed by atoms with Gasteiger partial charge in [0.05, 0.1) is 18.8 Å². The van der Waals surface area contributed by atoms with Crippen molar-refractivity contribution in [1.29, 1.82) is 5.26 Å². The summed E-state index contributed by atoms with van der Waals surface area (Å²) in [6.07, 6.45) is 1.79. The summed E-state index contributed by atoms with van der Waals surface area (Å²) >= 11 is 0. The van der Waals surface area contributed by atoms with Gasteiger partial charge in [0.2, 0.25) is 5.95 Å². The average molecular weight is 204 g/mol. The third-order valence-electron chi connectivity index (χ3n) is 1.97. The molecule has 0 unspecified atom stereocenters. The number of hydrogen-bond donors (Lipinski definition) is 2. The predicted octanol–water partition coefficient (Wildman–Crippen LogP) is -0.385. The van der Waals surface area contributed by atoms with Gasteiger partial charge in [-0.25, -0.2) is 4.98 Å². The SMILES string of the molecule is N#CCCn1cnc2nc(N)[nH]c(=O)c21. The Labute approximate surface area is 84.2 Å². The fourth-order valence-electron chi connectivity index (χ4n) is 1.34. The van der Waals surface area contributed by atoms with Crippen LogP contribution in [0.15, 0.2) is 11.1 Å². The molecule has 0 saturated heterocycles. The van der Waals surface area contributed by atoms with E-state index < -0.39 is 0 Å². The highest BCUT2D eigenvalue weighted by atomic mass is 16.1. The summed E-state index contributed by atoms with van der Waals surface area (Å²) in [6, 6.07) is 2.00. The fourth-order valence-corrected chi connectivity index (χ4v) is 1.34. The van der Waals surface area contributed by atoms with Crippen molar-refractivity contribution in [1.82, 2.24) is 19.5 Å². The minimum atomic E-state index is -0.340. The molecule has 15 heavy (non-hydrogen) atoms. The number of imidazole rings is 1. The number of nitrogens with one attached hydrogen (secondary N) is 1. The number of aryl methyl sites for hydroxylation is 1. The van der Waals surface area contributed by atoms with E-state index in [2.05, 4.69) is 15.0 Å². The number of anilines is 1. The lowest BCUT2D eigenvalue weighted by molar-refractivity contribution is 0.733. The first-order chi connectivity index (χ1) is 7.22. The number of rotatable bonds is 2. The number of H-pyrrole nitrogens is 1. The quantitative estimate of drug-likeness (QED) is 0.691. The summed E-state index contributed by atoms with van der Waals surface area (Å²) in [7, 11) is 0. The van der Waals surface area contributed by atoms with Crippen molar-refractivity contribution in [3.05, 3.63) is 16.7 Å². The van der Waals surface area contributed by atoms with Crippen molar-refractivity contribution in [3.63, 3.8) is 0 Å². The van der Waals surface area contributed by atoms with Gasteiger partial charge in [0, 0.05) is 6.54 Å². The largest absolute Gasteiger partial charge is 0.369 e. The predicted molar refractivity (Wildman–Crippen MR) is 52.8 cm³/mol. The van der Waals surface area contributed by atoms with Gasteiger partial charge < -0.3 is 10.3 Å². The zero-order valence-electron chi connectivity index (χ0n) is 7.77. The molecule has 2 aromatic rings. The van der Waals surface area contributed by atoms with Crippen LogP contribution < -0.4 is 11.3 Å². The maximum atomic E-state index is 11.5.